The first-order valence-electron chi connectivity index (χ1n) is 8.59. The molecule has 0 aliphatic carbocycles. The maximum absolute atomic E-state index is 12.5. The van der Waals surface area contributed by atoms with Gasteiger partial charge in [0, 0.05) is 30.9 Å². The number of hydrogen-bond acceptors (Lipinski definition) is 3. The number of hydrogen-bond donors (Lipinski definition) is 1. The third-order valence-electron chi connectivity index (χ3n) is 4.69. The average Bonchev–Trinajstić information content (AvgIpc) is 3.26. The summed E-state index contributed by atoms with van der Waals surface area (Å²) in [4.78, 5) is 18.9. The summed E-state index contributed by atoms with van der Waals surface area (Å²) in [6.45, 7) is 4.07. The zero-order chi connectivity index (χ0) is 17.2. The highest BCUT2D eigenvalue weighted by Gasteiger charge is 2.26. The topological polar surface area (TPSA) is 66.8 Å². The Morgan fingerprint density at radius 3 is 2.88 bits per heavy atom. The third-order valence-corrected chi connectivity index (χ3v) is 4.69. The van der Waals surface area contributed by atoms with E-state index in [9.17, 15) is 4.79 Å². The summed E-state index contributed by atoms with van der Waals surface area (Å²) < 4.78 is 2.23. The Labute approximate surface area is 146 Å². The second kappa shape index (κ2) is 6.55. The highest BCUT2D eigenvalue weighted by atomic mass is 16.2. The van der Waals surface area contributed by atoms with Crippen molar-refractivity contribution in [3.8, 4) is 0 Å². The van der Waals surface area contributed by atoms with Gasteiger partial charge < -0.3 is 9.47 Å². The van der Waals surface area contributed by atoms with Crippen LogP contribution in [0.15, 0.2) is 42.7 Å². The number of rotatable bonds is 4. The van der Waals surface area contributed by atoms with Crippen LogP contribution in [0.3, 0.4) is 0 Å². The number of nitrogens with zero attached hydrogens (tertiary/aromatic N) is 4. The zero-order valence-electron chi connectivity index (χ0n) is 14.3. The normalized spacial score (nSPS) is 13.7. The molecule has 1 amide bonds. The van der Waals surface area contributed by atoms with Crippen molar-refractivity contribution in [2.24, 2.45) is 0 Å². The van der Waals surface area contributed by atoms with Crippen molar-refractivity contribution in [2.75, 3.05) is 6.54 Å². The van der Waals surface area contributed by atoms with Crippen molar-refractivity contribution in [3.05, 3.63) is 71.1 Å². The van der Waals surface area contributed by atoms with Gasteiger partial charge in [-0.3, -0.25) is 9.89 Å². The van der Waals surface area contributed by atoms with Crippen LogP contribution in [0.5, 0.6) is 0 Å². The maximum Gasteiger partial charge on any atom is 0.274 e. The number of nitrogens with one attached hydrogen (secondary N) is 1. The van der Waals surface area contributed by atoms with Crippen LogP contribution < -0.4 is 0 Å². The molecule has 6 heteroatoms. The van der Waals surface area contributed by atoms with E-state index < -0.39 is 0 Å². The first kappa shape index (κ1) is 15.6. The number of carbonyl (C=O) groups excluding carboxylic acids is 1. The predicted molar refractivity (Wildman–Crippen MR) is 94.1 cm³/mol. The molecule has 0 fully saturated rings. The summed E-state index contributed by atoms with van der Waals surface area (Å²) in [5, 5.41) is 6.90. The number of fused-ring (bicyclic) bond motifs is 1. The quantitative estimate of drug-likeness (QED) is 0.796. The number of imidazole rings is 1. The van der Waals surface area contributed by atoms with Gasteiger partial charge in [-0.1, -0.05) is 30.3 Å². The molecule has 1 N–H and O–H groups in total. The Morgan fingerprint density at radius 1 is 1.28 bits per heavy atom. The van der Waals surface area contributed by atoms with Crippen molar-refractivity contribution in [1.82, 2.24) is 24.6 Å². The van der Waals surface area contributed by atoms with Crippen LogP contribution in [0.2, 0.25) is 0 Å². The van der Waals surface area contributed by atoms with Crippen LogP contribution in [0, 0.1) is 6.92 Å². The summed E-state index contributed by atoms with van der Waals surface area (Å²) in [5.41, 5.74) is 4.94. The molecule has 0 unspecified atom stereocenters. The lowest BCUT2D eigenvalue weighted by atomic mass is 10.1. The van der Waals surface area contributed by atoms with Crippen LogP contribution in [-0.2, 0) is 25.9 Å². The first-order valence-corrected chi connectivity index (χ1v) is 8.59. The van der Waals surface area contributed by atoms with Crippen molar-refractivity contribution in [2.45, 2.75) is 32.9 Å². The summed E-state index contributed by atoms with van der Waals surface area (Å²) >= 11 is 0. The molecule has 1 aliphatic rings. The number of carbonyl (C=O) groups is 1. The van der Waals surface area contributed by atoms with Crippen LogP contribution in [-0.4, -0.2) is 37.1 Å². The van der Waals surface area contributed by atoms with Gasteiger partial charge >= 0.3 is 0 Å². The molecular formula is C19H21N5O. The minimum atomic E-state index is -0.0335. The molecule has 0 atom stereocenters. The Kier molecular flexibility index (Phi) is 4.09. The Hall–Kier alpha value is -2.89. The minimum absolute atomic E-state index is 0.0335. The highest BCUT2D eigenvalue weighted by Crippen LogP contribution is 2.20. The Balaban J connectivity index is 1.44. The molecule has 3 aromatic rings. The van der Waals surface area contributed by atoms with Gasteiger partial charge in [-0.05, 0) is 25.0 Å². The number of amides is 1. The van der Waals surface area contributed by atoms with Crippen LogP contribution in [0.1, 0.15) is 33.1 Å². The first-order chi connectivity index (χ1) is 12.2. The molecular weight excluding hydrogens is 314 g/mol. The van der Waals surface area contributed by atoms with E-state index >= 15 is 0 Å². The van der Waals surface area contributed by atoms with E-state index in [-0.39, 0.29) is 5.91 Å². The lowest BCUT2D eigenvalue weighted by Gasteiger charge is -2.26. The fourth-order valence-corrected chi connectivity index (χ4v) is 3.32. The molecule has 1 aromatic carbocycles. The lowest BCUT2D eigenvalue weighted by Crippen LogP contribution is -2.36. The van der Waals surface area contributed by atoms with E-state index in [4.69, 9.17) is 0 Å². The molecule has 0 radical (unpaired) electrons. The van der Waals surface area contributed by atoms with Crippen molar-refractivity contribution in [1.29, 1.82) is 0 Å². The van der Waals surface area contributed by atoms with Crippen molar-refractivity contribution >= 4 is 5.91 Å². The van der Waals surface area contributed by atoms with Gasteiger partial charge in [0.1, 0.15) is 5.69 Å². The monoisotopic (exact) mass is 335 g/mol. The van der Waals surface area contributed by atoms with E-state index in [0.717, 1.165) is 30.8 Å². The molecule has 128 valence electrons. The van der Waals surface area contributed by atoms with E-state index in [1.807, 2.05) is 24.2 Å². The molecule has 0 saturated heterocycles. The third kappa shape index (κ3) is 3.20. The van der Waals surface area contributed by atoms with Crippen LogP contribution in [0.4, 0.5) is 0 Å². The van der Waals surface area contributed by atoms with Gasteiger partial charge in [0.15, 0.2) is 0 Å². The number of benzene rings is 1. The fraction of sp³-hybridized carbons (Fsp3) is 0.316. The van der Waals surface area contributed by atoms with Crippen molar-refractivity contribution < 1.29 is 4.79 Å². The number of aromatic amines is 1. The molecule has 6 nitrogen and oxygen atoms in total. The highest BCUT2D eigenvalue weighted by molar-refractivity contribution is 5.92. The van der Waals surface area contributed by atoms with Crippen LogP contribution >= 0.6 is 0 Å². The van der Waals surface area contributed by atoms with Gasteiger partial charge in [0.25, 0.3) is 5.91 Å². The summed E-state index contributed by atoms with van der Waals surface area (Å²) in [5.74, 6) is -0.0335. The molecule has 0 spiro atoms. The maximum atomic E-state index is 12.5. The van der Waals surface area contributed by atoms with Crippen molar-refractivity contribution in [3.63, 3.8) is 0 Å². The Bertz CT molecular complexity index is 880. The smallest absolute Gasteiger partial charge is 0.274 e. The van der Waals surface area contributed by atoms with Gasteiger partial charge in [-0.15, -0.1) is 0 Å². The molecule has 1 aliphatic heterocycles. The standard InChI is InChI=1S/C19H21N5O/c1-14-11-16(22-21-14)19(25)23-10-8-18-17(12-23)20-13-24(18)9-7-15-5-3-2-4-6-15/h2-6,11,13H,7-10,12H2,1H3,(H,21,22). The van der Waals surface area contributed by atoms with Gasteiger partial charge in [-0.2, -0.15) is 5.10 Å². The van der Waals surface area contributed by atoms with Gasteiger partial charge in [-0.25, -0.2) is 4.98 Å². The molecule has 0 bridgehead atoms. The summed E-state index contributed by atoms with van der Waals surface area (Å²) in [6, 6.07) is 12.3. The SMILES string of the molecule is Cc1cc(C(=O)N2CCc3c(ncn3CCc3ccccc3)C2)n[nH]1. The van der Waals surface area contributed by atoms with Gasteiger partial charge in [0.2, 0.25) is 0 Å². The number of H-pyrrole nitrogens is 1. The van der Waals surface area contributed by atoms with E-state index in [0.29, 0.717) is 18.8 Å². The van der Waals surface area contributed by atoms with Gasteiger partial charge in [0.05, 0.1) is 18.6 Å². The minimum Gasteiger partial charge on any atom is -0.334 e. The summed E-state index contributed by atoms with van der Waals surface area (Å²) in [6.07, 6.45) is 3.72. The second-order valence-electron chi connectivity index (χ2n) is 6.48. The fourth-order valence-electron chi connectivity index (χ4n) is 3.32. The zero-order valence-corrected chi connectivity index (χ0v) is 14.3. The number of aryl methyl sites for hydroxylation is 3. The average molecular weight is 335 g/mol. The molecule has 4 rings (SSSR count). The second-order valence-corrected chi connectivity index (χ2v) is 6.48. The van der Waals surface area contributed by atoms with E-state index in [2.05, 4.69) is 44.0 Å². The largest absolute Gasteiger partial charge is 0.334 e. The Morgan fingerprint density at radius 2 is 2.12 bits per heavy atom. The molecule has 2 aromatic heterocycles. The van der Waals surface area contributed by atoms with Crippen LogP contribution in [0.25, 0.3) is 0 Å². The lowest BCUT2D eigenvalue weighted by molar-refractivity contribution is 0.0725. The predicted octanol–water partition coefficient (Wildman–Crippen LogP) is 2.36. The molecule has 0 saturated carbocycles. The van der Waals surface area contributed by atoms with E-state index in [1.54, 1.807) is 6.07 Å². The van der Waals surface area contributed by atoms with E-state index in [1.165, 1.54) is 11.3 Å². The molecule has 3 heterocycles. The summed E-state index contributed by atoms with van der Waals surface area (Å²) in [7, 11) is 0. The number of aromatic nitrogens is 4. The molecule has 25 heavy (non-hydrogen) atoms.